The van der Waals surface area contributed by atoms with Crippen LogP contribution in [0, 0.1) is 0 Å². The largest absolute Gasteiger partial charge is 0.247 e. The summed E-state index contributed by atoms with van der Waals surface area (Å²) in [5.74, 6) is 0. The van der Waals surface area contributed by atoms with Gasteiger partial charge in [-0.15, -0.1) is 34.0 Å². The van der Waals surface area contributed by atoms with Crippen LogP contribution < -0.4 is 5.14 Å². The summed E-state index contributed by atoms with van der Waals surface area (Å²) in [5, 5.41) is 9.19. The lowest BCUT2D eigenvalue weighted by Gasteiger charge is -1.97. The zero-order valence-corrected chi connectivity index (χ0v) is 12.8. The van der Waals surface area contributed by atoms with Gasteiger partial charge in [-0.3, -0.25) is 0 Å². The van der Waals surface area contributed by atoms with E-state index in [0.29, 0.717) is 0 Å². The quantitative estimate of drug-likeness (QED) is 0.794. The fourth-order valence-electron chi connectivity index (χ4n) is 1.71. The van der Waals surface area contributed by atoms with Crippen molar-refractivity contribution in [2.45, 2.75) is 4.21 Å². The topological polar surface area (TPSA) is 60.2 Å². The zero-order chi connectivity index (χ0) is 13.5. The van der Waals surface area contributed by atoms with Gasteiger partial charge in [0.25, 0.3) is 0 Å². The first-order valence-corrected chi connectivity index (χ1v) is 9.42. The van der Waals surface area contributed by atoms with E-state index < -0.39 is 10.0 Å². The van der Waals surface area contributed by atoms with E-state index >= 15 is 0 Å². The molecule has 3 aromatic rings. The van der Waals surface area contributed by atoms with E-state index in [-0.39, 0.29) is 4.21 Å². The summed E-state index contributed by atoms with van der Waals surface area (Å²) in [6.45, 7) is 0. The Morgan fingerprint density at radius 1 is 1.00 bits per heavy atom. The first-order valence-electron chi connectivity index (χ1n) is 5.30. The number of nitrogens with two attached hydrogens (primary N) is 1. The second kappa shape index (κ2) is 4.84. The minimum Gasteiger partial charge on any atom is -0.224 e. The highest BCUT2D eigenvalue weighted by Gasteiger charge is 2.19. The van der Waals surface area contributed by atoms with Gasteiger partial charge in [-0.1, -0.05) is 12.1 Å². The third-order valence-electron chi connectivity index (χ3n) is 2.52. The van der Waals surface area contributed by atoms with Crippen molar-refractivity contribution in [2.75, 3.05) is 0 Å². The fraction of sp³-hybridized carbons (Fsp3) is 0. The Hall–Kier alpha value is -0.990. The molecule has 3 nitrogen and oxygen atoms in total. The van der Waals surface area contributed by atoms with Gasteiger partial charge in [-0.2, -0.15) is 0 Å². The maximum atomic E-state index is 11.5. The highest BCUT2D eigenvalue weighted by Crippen LogP contribution is 2.43. The van der Waals surface area contributed by atoms with Gasteiger partial charge in [0.15, 0.2) is 0 Å². The Kier molecular flexibility index (Phi) is 3.32. The summed E-state index contributed by atoms with van der Waals surface area (Å²) in [7, 11) is -3.66. The number of thiophene rings is 3. The first-order chi connectivity index (χ1) is 9.05. The van der Waals surface area contributed by atoms with Crippen LogP contribution in [0.3, 0.4) is 0 Å². The molecule has 2 N–H and O–H groups in total. The van der Waals surface area contributed by atoms with Crippen molar-refractivity contribution in [1.29, 1.82) is 0 Å². The zero-order valence-electron chi connectivity index (χ0n) is 9.57. The van der Waals surface area contributed by atoms with Crippen molar-refractivity contribution in [2.24, 2.45) is 5.14 Å². The van der Waals surface area contributed by atoms with Gasteiger partial charge < -0.3 is 0 Å². The van der Waals surface area contributed by atoms with Crippen LogP contribution in [-0.2, 0) is 10.0 Å². The molecule has 0 saturated carbocycles. The number of hydrogen-bond donors (Lipinski definition) is 1. The number of hydrogen-bond acceptors (Lipinski definition) is 5. The lowest BCUT2D eigenvalue weighted by molar-refractivity contribution is 0.600. The third-order valence-corrected chi connectivity index (χ3v) is 7.03. The van der Waals surface area contributed by atoms with Gasteiger partial charge >= 0.3 is 0 Å². The van der Waals surface area contributed by atoms with E-state index in [9.17, 15) is 8.42 Å². The molecule has 0 spiro atoms. The molecule has 3 aromatic heterocycles. The molecule has 0 aliphatic rings. The van der Waals surface area contributed by atoms with Crippen LogP contribution >= 0.6 is 34.0 Å². The molecule has 0 amide bonds. The summed E-state index contributed by atoms with van der Waals surface area (Å²) in [5.41, 5.74) is 0.937. The molecule has 98 valence electrons. The van der Waals surface area contributed by atoms with Gasteiger partial charge in [0, 0.05) is 15.3 Å². The average Bonchev–Trinajstić information content (AvgIpc) is 3.09. The molecule has 19 heavy (non-hydrogen) atoms. The average molecular weight is 327 g/mol. The summed E-state index contributed by atoms with van der Waals surface area (Å²) in [6.07, 6.45) is 0. The molecule has 3 heterocycles. The molecule has 7 heteroatoms. The first kappa shape index (κ1) is 13.0. The number of sulfonamides is 1. The lowest BCUT2D eigenvalue weighted by Crippen LogP contribution is -2.09. The van der Waals surface area contributed by atoms with Gasteiger partial charge in [-0.05, 0) is 29.0 Å². The van der Waals surface area contributed by atoms with Crippen molar-refractivity contribution >= 4 is 44.0 Å². The number of rotatable bonds is 3. The van der Waals surface area contributed by atoms with E-state index in [2.05, 4.69) is 0 Å². The molecule has 0 unspecified atom stereocenters. The SMILES string of the molecule is NS(=O)(=O)c1cc(-c2cccs2)c(-c2cccs2)s1. The summed E-state index contributed by atoms with van der Waals surface area (Å²) < 4.78 is 23.3. The summed E-state index contributed by atoms with van der Waals surface area (Å²) in [6, 6.07) is 9.54. The van der Waals surface area contributed by atoms with E-state index in [4.69, 9.17) is 5.14 Å². The standard InChI is InChI=1S/C12H9NO2S4/c13-19(14,15)11-7-8(9-3-1-5-16-9)12(18-11)10-4-2-6-17-10/h1-7H,(H2,13,14,15). The van der Waals surface area contributed by atoms with E-state index in [1.54, 1.807) is 28.7 Å². The molecular weight excluding hydrogens is 318 g/mol. The van der Waals surface area contributed by atoms with Gasteiger partial charge in [-0.25, -0.2) is 13.6 Å². The van der Waals surface area contributed by atoms with Gasteiger partial charge in [0.05, 0.1) is 4.88 Å². The summed E-state index contributed by atoms with van der Waals surface area (Å²) >= 11 is 4.40. The Morgan fingerprint density at radius 2 is 1.63 bits per heavy atom. The molecule has 0 aliphatic carbocycles. The molecular formula is C12H9NO2S4. The highest BCUT2D eigenvalue weighted by atomic mass is 32.2. The Balaban J connectivity index is 2.25. The molecule has 0 saturated heterocycles. The van der Waals surface area contributed by atoms with E-state index in [1.165, 1.54) is 11.3 Å². The predicted molar refractivity (Wildman–Crippen MR) is 82.3 cm³/mol. The normalized spacial score (nSPS) is 11.8. The third kappa shape index (κ3) is 2.52. The molecule has 3 rings (SSSR count). The van der Waals surface area contributed by atoms with E-state index in [0.717, 1.165) is 20.2 Å². The van der Waals surface area contributed by atoms with Gasteiger partial charge in [0.1, 0.15) is 4.21 Å². The van der Waals surface area contributed by atoms with Crippen molar-refractivity contribution in [3.8, 4) is 20.2 Å². The Bertz CT molecular complexity index is 731. The second-order valence-corrected chi connectivity index (χ2v) is 8.54. The van der Waals surface area contributed by atoms with Crippen molar-refractivity contribution < 1.29 is 8.42 Å². The minimum absolute atomic E-state index is 0.208. The smallest absolute Gasteiger partial charge is 0.224 e. The number of primary sulfonamides is 1. The van der Waals surface area contributed by atoms with Crippen LogP contribution in [0.5, 0.6) is 0 Å². The maximum Gasteiger partial charge on any atom is 0.247 e. The van der Waals surface area contributed by atoms with Gasteiger partial charge in [0.2, 0.25) is 10.0 Å². The van der Waals surface area contributed by atoms with Crippen LogP contribution in [0.15, 0.2) is 45.3 Å². The molecule has 0 atom stereocenters. The second-order valence-electron chi connectivity index (χ2n) is 3.81. The molecule has 0 fully saturated rings. The lowest BCUT2D eigenvalue weighted by atomic mass is 10.2. The van der Waals surface area contributed by atoms with Crippen molar-refractivity contribution in [1.82, 2.24) is 0 Å². The molecule has 0 bridgehead atoms. The van der Waals surface area contributed by atoms with Crippen LogP contribution in [0.4, 0.5) is 0 Å². The monoisotopic (exact) mass is 327 g/mol. The maximum absolute atomic E-state index is 11.5. The molecule has 0 aromatic carbocycles. The predicted octanol–water partition coefficient (Wildman–Crippen LogP) is 3.85. The van der Waals surface area contributed by atoms with Crippen LogP contribution in [0.2, 0.25) is 0 Å². The Labute approximate surface area is 123 Å². The van der Waals surface area contributed by atoms with Crippen LogP contribution in [0.25, 0.3) is 20.2 Å². The van der Waals surface area contributed by atoms with Crippen molar-refractivity contribution in [3.63, 3.8) is 0 Å². The molecule has 0 radical (unpaired) electrons. The molecule has 0 aliphatic heterocycles. The fourth-order valence-corrected chi connectivity index (χ4v) is 5.30. The summed E-state index contributed by atoms with van der Waals surface area (Å²) in [4.78, 5) is 3.07. The van der Waals surface area contributed by atoms with Crippen LogP contribution in [-0.4, -0.2) is 8.42 Å². The highest BCUT2D eigenvalue weighted by molar-refractivity contribution is 7.91. The van der Waals surface area contributed by atoms with E-state index in [1.807, 2.05) is 35.0 Å². The van der Waals surface area contributed by atoms with Crippen LogP contribution in [0.1, 0.15) is 0 Å². The van der Waals surface area contributed by atoms with Crippen molar-refractivity contribution in [3.05, 3.63) is 41.1 Å². The Morgan fingerprint density at radius 3 is 2.16 bits per heavy atom. The minimum atomic E-state index is -3.66.